The van der Waals surface area contributed by atoms with Crippen LogP contribution >= 0.6 is 0 Å². The van der Waals surface area contributed by atoms with Crippen LogP contribution < -0.4 is 9.46 Å². The molecule has 9 heteroatoms. The summed E-state index contributed by atoms with van der Waals surface area (Å²) in [4.78, 5) is 29.3. The average molecular weight is 464 g/mol. The molecule has 0 spiro atoms. The number of sulfonamides is 1. The van der Waals surface area contributed by atoms with Gasteiger partial charge in [0.1, 0.15) is 10.6 Å². The van der Waals surface area contributed by atoms with Gasteiger partial charge in [-0.1, -0.05) is 25.8 Å². The standard InChI is InChI=1S/C23H33N3O5S/c1-3-25-12-6-7-17(25)14-24-32(29,30)21-13-16(10-11-20(21)31-2)15-26-22(27)18-8-4-5-9-19(18)23(26)28/h10-11,13,17-19,24H,3-9,12,14-15H2,1-2H3/t17-,18-,19+/m1/s1. The van der Waals surface area contributed by atoms with Crippen LogP contribution in [0.3, 0.4) is 0 Å². The molecule has 0 aromatic heterocycles. The van der Waals surface area contributed by atoms with Gasteiger partial charge >= 0.3 is 0 Å². The second kappa shape index (κ2) is 9.49. The molecular weight excluding hydrogens is 430 g/mol. The molecule has 2 heterocycles. The number of nitrogens with one attached hydrogen (secondary N) is 1. The predicted molar refractivity (Wildman–Crippen MR) is 119 cm³/mol. The predicted octanol–water partition coefficient (Wildman–Crippen LogP) is 2.13. The van der Waals surface area contributed by atoms with Gasteiger partial charge in [-0.05, 0) is 56.5 Å². The highest BCUT2D eigenvalue weighted by Crippen LogP contribution is 2.39. The zero-order valence-electron chi connectivity index (χ0n) is 18.9. The smallest absolute Gasteiger partial charge is 0.244 e. The van der Waals surface area contributed by atoms with Gasteiger partial charge in [-0.2, -0.15) is 0 Å². The van der Waals surface area contributed by atoms with E-state index in [4.69, 9.17) is 4.74 Å². The Morgan fingerprint density at radius 3 is 2.38 bits per heavy atom. The van der Waals surface area contributed by atoms with Gasteiger partial charge in [0.15, 0.2) is 0 Å². The minimum atomic E-state index is -3.82. The molecule has 1 aromatic rings. The van der Waals surface area contributed by atoms with Gasteiger partial charge in [0.25, 0.3) is 0 Å². The first-order valence-electron chi connectivity index (χ1n) is 11.6. The Bertz CT molecular complexity index is 956. The number of carbonyl (C=O) groups excluding carboxylic acids is 2. The third-order valence-electron chi connectivity index (χ3n) is 7.20. The molecule has 1 aromatic carbocycles. The third-order valence-corrected chi connectivity index (χ3v) is 8.65. The van der Waals surface area contributed by atoms with Crippen LogP contribution in [-0.4, -0.2) is 62.8 Å². The minimum absolute atomic E-state index is 0.0371. The second-order valence-electron chi connectivity index (χ2n) is 9.02. The van der Waals surface area contributed by atoms with E-state index in [1.165, 1.54) is 18.1 Å². The molecule has 3 aliphatic rings. The lowest BCUT2D eigenvalue weighted by Crippen LogP contribution is -2.40. The topological polar surface area (TPSA) is 96.0 Å². The molecule has 3 fully saturated rings. The molecule has 2 saturated heterocycles. The molecule has 176 valence electrons. The highest BCUT2D eigenvalue weighted by atomic mass is 32.2. The van der Waals surface area contributed by atoms with Crippen molar-refractivity contribution in [2.45, 2.75) is 62.9 Å². The number of nitrogens with zero attached hydrogens (tertiary/aromatic N) is 2. The van der Waals surface area contributed by atoms with Gasteiger partial charge in [0.2, 0.25) is 21.8 Å². The van der Waals surface area contributed by atoms with E-state index in [1.807, 2.05) is 0 Å². The average Bonchev–Trinajstić information content (AvgIpc) is 3.36. The maximum absolute atomic E-state index is 13.1. The molecule has 1 aliphatic carbocycles. The van der Waals surface area contributed by atoms with Crippen LogP contribution in [-0.2, 0) is 26.2 Å². The number of methoxy groups -OCH3 is 1. The summed E-state index contributed by atoms with van der Waals surface area (Å²) in [7, 11) is -2.38. The number of hydrogen-bond donors (Lipinski definition) is 1. The van der Waals surface area contributed by atoms with Crippen LogP contribution in [0.5, 0.6) is 5.75 Å². The normalized spacial score (nSPS) is 26.6. The monoisotopic (exact) mass is 463 g/mol. The Labute approximate surface area is 190 Å². The molecule has 32 heavy (non-hydrogen) atoms. The Hall–Kier alpha value is -1.97. The summed E-state index contributed by atoms with van der Waals surface area (Å²) in [6, 6.07) is 5.02. The van der Waals surface area contributed by atoms with Crippen LogP contribution in [0.2, 0.25) is 0 Å². The number of imide groups is 1. The highest BCUT2D eigenvalue weighted by molar-refractivity contribution is 7.89. The summed E-state index contributed by atoms with van der Waals surface area (Å²) in [6.45, 7) is 4.39. The number of amides is 2. The van der Waals surface area contributed by atoms with Gasteiger partial charge in [0.05, 0.1) is 25.5 Å². The number of carbonyl (C=O) groups is 2. The number of fused-ring (bicyclic) bond motifs is 1. The fraction of sp³-hybridized carbons (Fsp3) is 0.652. The van der Waals surface area contributed by atoms with Crippen LogP contribution in [0.15, 0.2) is 23.1 Å². The molecule has 0 unspecified atom stereocenters. The van der Waals surface area contributed by atoms with Gasteiger partial charge in [-0.15, -0.1) is 0 Å². The number of ether oxygens (including phenoxy) is 1. The summed E-state index contributed by atoms with van der Waals surface area (Å²) in [5.74, 6) is -0.440. The lowest BCUT2D eigenvalue weighted by atomic mass is 9.81. The van der Waals surface area contributed by atoms with Crippen molar-refractivity contribution in [3.63, 3.8) is 0 Å². The van der Waals surface area contributed by atoms with E-state index < -0.39 is 10.0 Å². The molecular formula is C23H33N3O5S. The third kappa shape index (κ3) is 4.43. The molecule has 2 aliphatic heterocycles. The number of likely N-dealkylation sites (tertiary alicyclic amines) is 2. The lowest BCUT2D eigenvalue weighted by molar-refractivity contribution is -0.140. The largest absolute Gasteiger partial charge is 0.495 e. The summed E-state index contributed by atoms with van der Waals surface area (Å²) in [5, 5.41) is 0. The first kappa shape index (κ1) is 23.2. The molecule has 1 N–H and O–H groups in total. The van der Waals surface area contributed by atoms with E-state index in [0.29, 0.717) is 12.1 Å². The van der Waals surface area contributed by atoms with Crippen molar-refractivity contribution in [3.8, 4) is 5.75 Å². The van der Waals surface area contributed by atoms with Crippen LogP contribution in [0.4, 0.5) is 0 Å². The number of likely N-dealkylation sites (N-methyl/N-ethyl adjacent to an activating group) is 1. The molecule has 2 amide bonds. The summed E-state index contributed by atoms with van der Waals surface area (Å²) in [6.07, 6.45) is 5.50. The van der Waals surface area contributed by atoms with E-state index in [9.17, 15) is 18.0 Å². The van der Waals surface area contributed by atoms with Crippen molar-refractivity contribution in [1.82, 2.24) is 14.5 Å². The van der Waals surface area contributed by atoms with Crippen molar-refractivity contribution in [2.75, 3.05) is 26.7 Å². The minimum Gasteiger partial charge on any atom is -0.495 e. The second-order valence-corrected chi connectivity index (χ2v) is 10.8. The summed E-state index contributed by atoms with van der Waals surface area (Å²) in [5.41, 5.74) is 0.600. The number of benzene rings is 1. The molecule has 4 rings (SSSR count). The van der Waals surface area contributed by atoms with Gasteiger partial charge in [-0.25, -0.2) is 13.1 Å². The lowest BCUT2D eigenvalue weighted by Gasteiger charge is -2.23. The Morgan fingerprint density at radius 1 is 1.06 bits per heavy atom. The summed E-state index contributed by atoms with van der Waals surface area (Å²) >= 11 is 0. The molecule has 1 saturated carbocycles. The molecule has 8 nitrogen and oxygen atoms in total. The maximum Gasteiger partial charge on any atom is 0.244 e. The van der Waals surface area contributed by atoms with E-state index in [2.05, 4.69) is 16.5 Å². The fourth-order valence-electron chi connectivity index (χ4n) is 5.43. The van der Waals surface area contributed by atoms with Gasteiger partial charge in [-0.3, -0.25) is 19.4 Å². The maximum atomic E-state index is 13.1. The zero-order chi connectivity index (χ0) is 22.9. The van der Waals surface area contributed by atoms with E-state index in [1.54, 1.807) is 12.1 Å². The van der Waals surface area contributed by atoms with Crippen molar-refractivity contribution < 1.29 is 22.7 Å². The summed E-state index contributed by atoms with van der Waals surface area (Å²) < 4.78 is 34.3. The first-order valence-corrected chi connectivity index (χ1v) is 13.1. The van der Waals surface area contributed by atoms with Crippen LogP contribution in [0, 0.1) is 11.8 Å². The Kier molecular flexibility index (Phi) is 6.88. The van der Waals surface area contributed by atoms with E-state index in [0.717, 1.165) is 51.6 Å². The molecule has 3 atom stereocenters. The quantitative estimate of drug-likeness (QED) is 0.594. The van der Waals surface area contributed by atoms with Crippen molar-refractivity contribution in [1.29, 1.82) is 0 Å². The van der Waals surface area contributed by atoms with E-state index >= 15 is 0 Å². The van der Waals surface area contributed by atoms with Gasteiger partial charge < -0.3 is 4.74 Å². The van der Waals surface area contributed by atoms with E-state index in [-0.39, 0.29) is 46.9 Å². The Balaban J connectivity index is 1.52. The number of hydrogen-bond acceptors (Lipinski definition) is 6. The Morgan fingerprint density at radius 2 is 1.75 bits per heavy atom. The van der Waals surface area contributed by atoms with Crippen molar-refractivity contribution in [3.05, 3.63) is 23.8 Å². The number of rotatable bonds is 8. The van der Waals surface area contributed by atoms with Crippen molar-refractivity contribution in [2.24, 2.45) is 11.8 Å². The SMILES string of the molecule is CCN1CCC[C@@H]1CNS(=O)(=O)c1cc(CN2C(=O)[C@H]3CCCC[C@H]3C2=O)ccc1OC. The van der Waals surface area contributed by atoms with Crippen molar-refractivity contribution >= 4 is 21.8 Å². The first-order chi connectivity index (χ1) is 15.4. The van der Waals surface area contributed by atoms with Crippen LogP contribution in [0.25, 0.3) is 0 Å². The molecule has 0 radical (unpaired) electrons. The fourth-order valence-corrected chi connectivity index (χ4v) is 6.72. The zero-order valence-corrected chi connectivity index (χ0v) is 19.7. The van der Waals surface area contributed by atoms with Gasteiger partial charge in [0, 0.05) is 12.6 Å². The molecule has 0 bridgehead atoms. The highest BCUT2D eigenvalue weighted by Gasteiger charge is 2.48. The van der Waals surface area contributed by atoms with Crippen LogP contribution in [0.1, 0.15) is 51.0 Å².